The van der Waals surface area contributed by atoms with Gasteiger partial charge in [-0.3, -0.25) is 0 Å². The number of nitrogen functional groups attached to an aromatic ring is 1. The SMILES string of the molecule is CCc1nc(NN)cc(SC2CCCCC2)n1. The standard InChI is InChI=1S/C12H20N4S/c1-2-10-14-11(16-13)8-12(15-10)17-9-6-4-3-5-7-9/h8-9H,2-7,13H2,1H3,(H,14,15,16). The van der Waals surface area contributed by atoms with Crippen LogP contribution in [0.1, 0.15) is 44.9 Å². The van der Waals surface area contributed by atoms with Crippen LogP contribution in [0.5, 0.6) is 0 Å². The van der Waals surface area contributed by atoms with Gasteiger partial charge < -0.3 is 5.43 Å². The molecule has 0 spiro atoms. The van der Waals surface area contributed by atoms with Crippen LogP contribution in [0, 0.1) is 0 Å². The highest BCUT2D eigenvalue weighted by Gasteiger charge is 2.16. The minimum atomic E-state index is 0.717. The number of nitrogens with two attached hydrogens (primary N) is 1. The molecule has 0 bridgehead atoms. The number of thioether (sulfide) groups is 1. The Bertz CT molecular complexity index is 341. The lowest BCUT2D eigenvalue weighted by atomic mass is 10.0. The molecule has 0 unspecified atom stereocenters. The van der Waals surface area contributed by atoms with Crippen molar-refractivity contribution in [2.24, 2.45) is 5.84 Å². The van der Waals surface area contributed by atoms with Gasteiger partial charge in [0.1, 0.15) is 16.7 Å². The number of anilines is 1. The van der Waals surface area contributed by atoms with Gasteiger partial charge in [-0.1, -0.05) is 26.2 Å². The molecule has 1 aromatic rings. The molecule has 94 valence electrons. The summed E-state index contributed by atoms with van der Waals surface area (Å²) >= 11 is 1.88. The largest absolute Gasteiger partial charge is 0.308 e. The topological polar surface area (TPSA) is 63.8 Å². The Morgan fingerprint density at radius 1 is 1.35 bits per heavy atom. The average Bonchev–Trinajstić information content (AvgIpc) is 2.39. The molecule has 2 rings (SSSR count). The monoisotopic (exact) mass is 252 g/mol. The van der Waals surface area contributed by atoms with Crippen LogP contribution in [0.4, 0.5) is 5.82 Å². The van der Waals surface area contributed by atoms with Gasteiger partial charge in [0.2, 0.25) is 0 Å². The van der Waals surface area contributed by atoms with Crippen LogP contribution in [0.3, 0.4) is 0 Å². The summed E-state index contributed by atoms with van der Waals surface area (Å²) in [6.07, 6.45) is 7.55. The predicted octanol–water partition coefficient (Wildman–Crippen LogP) is 2.75. The maximum atomic E-state index is 5.43. The molecule has 0 radical (unpaired) electrons. The Hall–Kier alpha value is -0.810. The van der Waals surface area contributed by atoms with Crippen molar-refractivity contribution < 1.29 is 0 Å². The maximum absolute atomic E-state index is 5.43. The van der Waals surface area contributed by atoms with E-state index in [1.807, 2.05) is 17.8 Å². The highest BCUT2D eigenvalue weighted by molar-refractivity contribution is 7.99. The lowest BCUT2D eigenvalue weighted by molar-refractivity contribution is 0.515. The Labute approximate surface area is 107 Å². The molecule has 1 aliphatic carbocycles. The first kappa shape index (κ1) is 12.6. The normalized spacial score (nSPS) is 17.1. The second kappa shape index (κ2) is 6.21. The summed E-state index contributed by atoms with van der Waals surface area (Å²) in [5, 5.41) is 1.77. The van der Waals surface area contributed by atoms with E-state index in [0.717, 1.165) is 23.1 Å². The highest BCUT2D eigenvalue weighted by Crippen LogP contribution is 2.33. The summed E-state index contributed by atoms with van der Waals surface area (Å²) in [6.45, 7) is 2.06. The molecule has 3 N–H and O–H groups in total. The molecular weight excluding hydrogens is 232 g/mol. The van der Waals surface area contributed by atoms with Crippen molar-refractivity contribution in [1.29, 1.82) is 0 Å². The van der Waals surface area contributed by atoms with E-state index < -0.39 is 0 Å². The zero-order valence-corrected chi connectivity index (χ0v) is 11.1. The number of rotatable bonds is 4. The predicted molar refractivity (Wildman–Crippen MR) is 72.0 cm³/mol. The van der Waals surface area contributed by atoms with E-state index in [-0.39, 0.29) is 0 Å². The van der Waals surface area contributed by atoms with Crippen LogP contribution in [-0.4, -0.2) is 15.2 Å². The molecule has 0 aromatic carbocycles. The molecule has 4 nitrogen and oxygen atoms in total. The highest BCUT2D eigenvalue weighted by atomic mass is 32.2. The molecule has 1 heterocycles. The second-order valence-electron chi connectivity index (χ2n) is 4.38. The van der Waals surface area contributed by atoms with Gasteiger partial charge in [-0.15, -0.1) is 11.8 Å². The van der Waals surface area contributed by atoms with Crippen LogP contribution < -0.4 is 11.3 Å². The summed E-state index contributed by atoms with van der Waals surface area (Å²) in [6, 6.07) is 1.94. The van der Waals surface area contributed by atoms with Gasteiger partial charge >= 0.3 is 0 Å². The molecule has 1 saturated carbocycles. The molecule has 0 atom stereocenters. The lowest BCUT2D eigenvalue weighted by Crippen LogP contribution is -2.12. The van der Waals surface area contributed by atoms with Crippen LogP contribution in [0.2, 0.25) is 0 Å². The van der Waals surface area contributed by atoms with Crippen LogP contribution >= 0.6 is 11.8 Å². The molecule has 17 heavy (non-hydrogen) atoms. The van der Waals surface area contributed by atoms with Gasteiger partial charge in [0, 0.05) is 17.7 Å². The summed E-state index contributed by atoms with van der Waals surface area (Å²) < 4.78 is 0. The molecule has 1 aliphatic rings. The zero-order chi connectivity index (χ0) is 12.1. The number of hydrogen-bond acceptors (Lipinski definition) is 5. The van der Waals surface area contributed by atoms with E-state index in [9.17, 15) is 0 Å². The minimum Gasteiger partial charge on any atom is -0.308 e. The van der Waals surface area contributed by atoms with Gasteiger partial charge in [0.15, 0.2) is 0 Å². The fraction of sp³-hybridized carbons (Fsp3) is 0.667. The summed E-state index contributed by atoms with van der Waals surface area (Å²) in [5.41, 5.74) is 2.61. The molecule has 0 aliphatic heterocycles. The van der Waals surface area contributed by atoms with Crippen molar-refractivity contribution in [2.45, 2.75) is 55.7 Å². The molecule has 1 aromatic heterocycles. The first-order chi connectivity index (χ1) is 8.31. The molecule has 0 saturated heterocycles. The van der Waals surface area contributed by atoms with E-state index in [1.54, 1.807) is 0 Å². The molecule has 1 fully saturated rings. The average molecular weight is 252 g/mol. The van der Waals surface area contributed by atoms with Crippen molar-refractivity contribution >= 4 is 17.6 Å². The van der Waals surface area contributed by atoms with Crippen molar-refractivity contribution in [1.82, 2.24) is 9.97 Å². The van der Waals surface area contributed by atoms with Gasteiger partial charge in [-0.25, -0.2) is 15.8 Å². The number of nitrogens with zero attached hydrogens (tertiary/aromatic N) is 2. The molecule has 0 amide bonds. The summed E-state index contributed by atoms with van der Waals surface area (Å²) in [4.78, 5) is 8.85. The summed E-state index contributed by atoms with van der Waals surface area (Å²) in [5.74, 6) is 7.00. The maximum Gasteiger partial charge on any atom is 0.144 e. The number of nitrogens with one attached hydrogen (secondary N) is 1. The Kier molecular flexibility index (Phi) is 4.62. The number of hydrogen-bond donors (Lipinski definition) is 2. The third kappa shape index (κ3) is 3.57. The minimum absolute atomic E-state index is 0.717. The van der Waals surface area contributed by atoms with Gasteiger partial charge in [-0.05, 0) is 12.8 Å². The fourth-order valence-electron chi connectivity index (χ4n) is 2.12. The quantitative estimate of drug-likeness (QED) is 0.490. The summed E-state index contributed by atoms with van der Waals surface area (Å²) in [7, 11) is 0. The third-order valence-electron chi connectivity index (χ3n) is 3.05. The van der Waals surface area contributed by atoms with Crippen molar-refractivity contribution in [3.8, 4) is 0 Å². The van der Waals surface area contributed by atoms with E-state index in [1.165, 1.54) is 32.1 Å². The van der Waals surface area contributed by atoms with Crippen molar-refractivity contribution in [3.05, 3.63) is 11.9 Å². The van der Waals surface area contributed by atoms with E-state index >= 15 is 0 Å². The first-order valence-corrected chi connectivity index (χ1v) is 7.21. The number of hydrazine groups is 1. The van der Waals surface area contributed by atoms with Crippen LogP contribution in [-0.2, 0) is 6.42 Å². The lowest BCUT2D eigenvalue weighted by Gasteiger charge is -2.20. The first-order valence-electron chi connectivity index (χ1n) is 6.33. The Morgan fingerprint density at radius 3 is 2.76 bits per heavy atom. The van der Waals surface area contributed by atoms with E-state index in [2.05, 4.69) is 22.3 Å². The second-order valence-corrected chi connectivity index (χ2v) is 5.70. The zero-order valence-electron chi connectivity index (χ0n) is 10.3. The van der Waals surface area contributed by atoms with Gasteiger partial charge in [0.25, 0.3) is 0 Å². The van der Waals surface area contributed by atoms with E-state index in [0.29, 0.717) is 5.25 Å². The smallest absolute Gasteiger partial charge is 0.144 e. The number of aryl methyl sites for hydroxylation is 1. The molecular formula is C12H20N4S. The van der Waals surface area contributed by atoms with Gasteiger partial charge in [0.05, 0.1) is 0 Å². The Morgan fingerprint density at radius 2 is 2.12 bits per heavy atom. The fourth-order valence-corrected chi connectivity index (χ4v) is 3.37. The number of aromatic nitrogens is 2. The van der Waals surface area contributed by atoms with E-state index in [4.69, 9.17) is 5.84 Å². The third-order valence-corrected chi connectivity index (χ3v) is 4.31. The van der Waals surface area contributed by atoms with Gasteiger partial charge in [-0.2, -0.15) is 0 Å². The van der Waals surface area contributed by atoms with Crippen LogP contribution in [0.15, 0.2) is 11.1 Å². The Balaban J connectivity index is 2.07. The van der Waals surface area contributed by atoms with Crippen LogP contribution in [0.25, 0.3) is 0 Å². The van der Waals surface area contributed by atoms with Crippen molar-refractivity contribution in [3.63, 3.8) is 0 Å². The van der Waals surface area contributed by atoms with Crippen molar-refractivity contribution in [2.75, 3.05) is 5.43 Å². The molecule has 5 heteroatoms.